The summed E-state index contributed by atoms with van der Waals surface area (Å²) in [4.78, 5) is 0. The molecule has 0 aliphatic heterocycles. The molecule has 2 N–H and O–H groups in total. The lowest BCUT2D eigenvalue weighted by atomic mass is 10.0. The Morgan fingerprint density at radius 3 is 2.47 bits per heavy atom. The van der Waals surface area contributed by atoms with Gasteiger partial charge in [-0.05, 0) is 12.1 Å². The molecule has 1 heterocycles. The molecule has 1 atom stereocenters. The van der Waals surface area contributed by atoms with Gasteiger partial charge in [0.15, 0.2) is 11.6 Å². The first-order valence-corrected chi connectivity index (χ1v) is 6.22. The Morgan fingerprint density at radius 2 is 1.88 bits per heavy atom. The number of halogens is 4. The molecular weight excluding hydrogens is 287 g/mol. The SMILES string of the molecule is NC(c1cc(Cl)sc1Cl)c1cccc(F)c1F. The van der Waals surface area contributed by atoms with E-state index in [1.807, 2.05) is 0 Å². The fourth-order valence-electron chi connectivity index (χ4n) is 1.49. The number of benzene rings is 1. The lowest BCUT2D eigenvalue weighted by molar-refractivity contribution is 0.494. The van der Waals surface area contributed by atoms with Gasteiger partial charge in [0.05, 0.1) is 14.7 Å². The zero-order valence-corrected chi connectivity index (χ0v) is 10.7. The van der Waals surface area contributed by atoms with Gasteiger partial charge in [-0.15, -0.1) is 11.3 Å². The molecule has 2 rings (SSSR count). The van der Waals surface area contributed by atoms with Gasteiger partial charge in [-0.3, -0.25) is 0 Å². The van der Waals surface area contributed by atoms with Crippen LogP contribution in [0.3, 0.4) is 0 Å². The van der Waals surface area contributed by atoms with E-state index in [1.165, 1.54) is 12.1 Å². The van der Waals surface area contributed by atoms with Crippen LogP contribution in [0.1, 0.15) is 17.2 Å². The van der Waals surface area contributed by atoms with Crippen molar-refractivity contribution in [1.82, 2.24) is 0 Å². The average Bonchev–Trinajstić information content (AvgIpc) is 2.61. The number of rotatable bonds is 2. The molecule has 0 amide bonds. The number of thiophene rings is 1. The first-order chi connectivity index (χ1) is 8.00. The summed E-state index contributed by atoms with van der Waals surface area (Å²) in [5.74, 6) is -1.89. The van der Waals surface area contributed by atoms with Crippen molar-refractivity contribution in [3.8, 4) is 0 Å². The van der Waals surface area contributed by atoms with Gasteiger partial charge >= 0.3 is 0 Å². The van der Waals surface area contributed by atoms with Gasteiger partial charge in [0.2, 0.25) is 0 Å². The molecule has 0 bridgehead atoms. The first kappa shape index (κ1) is 12.8. The highest BCUT2D eigenvalue weighted by molar-refractivity contribution is 7.20. The summed E-state index contributed by atoms with van der Waals surface area (Å²) < 4.78 is 27.5. The minimum atomic E-state index is -0.960. The van der Waals surface area contributed by atoms with Crippen LogP contribution in [-0.4, -0.2) is 0 Å². The molecule has 1 aromatic heterocycles. The van der Waals surface area contributed by atoms with Crippen molar-refractivity contribution in [3.63, 3.8) is 0 Å². The van der Waals surface area contributed by atoms with Crippen molar-refractivity contribution < 1.29 is 8.78 Å². The smallest absolute Gasteiger partial charge is 0.163 e. The largest absolute Gasteiger partial charge is 0.320 e. The fraction of sp³-hybridized carbons (Fsp3) is 0.0909. The molecule has 17 heavy (non-hydrogen) atoms. The van der Waals surface area contributed by atoms with Crippen molar-refractivity contribution in [3.05, 3.63) is 55.7 Å². The van der Waals surface area contributed by atoms with Crippen LogP contribution in [0.2, 0.25) is 8.67 Å². The molecule has 2 aromatic rings. The molecule has 90 valence electrons. The zero-order chi connectivity index (χ0) is 12.6. The lowest BCUT2D eigenvalue weighted by Gasteiger charge is -2.12. The van der Waals surface area contributed by atoms with Gasteiger partial charge in [0.25, 0.3) is 0 Å². The second kappa shape index (κ2) is 4.90. The molecule has 0 spiro atoms. The van der Waals surface area contributed by atoms with E-state index < -0.39 is 17.7 Å². The fourth-order valence-corrected chi connectivity index (χ4v) is 3.04. The van der Waals surface area contributed by atoms with Crippen molar-refractivity contribution in [2.45, 2.75) is 6.04 Å². The molecule has 0 aliphatic carbocycles. The van der Waals surface area contributed by atoms with Gasteiger partial charge in [0, 0.05) is 11.1 Å². The van der Waals surface area contributed by atoms with Gasteiger partial charge in [-0.25, -0.2) is 8.78 Å². The van der Waals surface area contributed by atoms with E-state index >= 15 is 0 Å². The number of hydrogen-bond donors (Lipinski definition) is 1. The van der Waals surface area contributed by atoms with Crippen molar-refractivity contribution in [2.24, 2.45) is 5.73 Å². The zero-order valence-electron chi connectivity index (χ0n) is 8.38. The van der Waals surface area contributed by atoms with Gasteiger partial charge in [0.1, 0.15) is 0 Å². The normalized spacial score (nSPS) is 12.8. The maximum atomic E-state index is 13.5. The lowest BCUT2D eigenvalue weighted by Crippen LogP contribution is -2.14. The Balaban J connectivity index is 2.47. The van der Waals surface area contributed by atoms with Gasteiger partial charge < -0.3 is 5.73 Å². The molecule has 1 aromatic carbocycles. The van der Waals surface area contributed by atoms with Gasteiger partial charge in [-0.2, -0.15) is 0 Å². The van der Waals surface area contributed by atoms with Crippen LogP contribution >= 0.6 is 34.5 Å². The second-order valence-corrected chi connectivity index (χ2v) is 5.69. The quantitative estimate of drug-likeness (QED) is 0.874. The molecule has 1 unspecified atom stereocenters. The summed E-state index contributed by atoms with van der Waals surface area (Å²) in [6.45, 7) is 0. The summed E-state index contributed by atoms with van der Waals surface area (Å²) in [5.41, 5.74) is 6.41. The van der Waals surface area contributed by atoms with Crippen LogP contribution in [-0.2, 0) is 0 Å². The van der Waals surface area contributed by atoms with E-state index in [4.69, 9.17) is 28.9 Å². The number of hydrogen-bond acceptors (Lipinski definition) is 2. The minimum Gasteiger partial charge on any atom is -0.320 e. The highest BCUT2D eigenvalue weighted by Crippen LogP contribution is 2.37. The number of nitrogens with two attached hydrogens (primary N) is 1. The third-order valence-electron chi connectivity index (χ3n) is 2.33. The van der Waals surface area contributed by atoms with Crippen LogP contribution in [0.25, 0.3) is 0 Å². The third kappa shape index (κ3) is 2.45. The highest BCUT2D eigenvalue weighted by atomic mass is 35.5. The molecule has 6 heteroatoms. The predicted molar refractivity (Wildman–Crippen MR) is 66.7 cm³/mol. The van der Waals surface area contributed by atoms with Crippen LogP contribution in [0.4, 0.5) is 8.78 Å². The van der Waals surface area contributed by atoms with Gasteiger partial charge in [-0.1, -0.05) is 35.3 Å². The van der Waals surface area contributed by atoms with Crippen LogP contribution in [0.15, 0.2) is 24.3 Å². The van der Waals surface area contributed by atoms with E-state index in [9.17, 15) is 8.78 Å². The maximum absolute atomic E-state index is 13.5. The van der Waals surface area contributed by atoms with Crippen LogP contribution in [0, 0.1) is 11.6 Å². The molecular formula is C11H7Cl2F2NS. The molecule has 0 saturated heterocycles. The molecule has 0 saturated carbocycles. The average molecular weight is 294 g/mol. The monoisotopic (exact) mass is 293 g/mol. The molecule has 0 aliphatic rings. The second-order valence-electron chi connectivity index (χ2n) is 3.40. The Morgan fingerprint density at radius 1 is 1.18 bits per heavy atom. The standard InChI is InChI=1S/C11H7Cl2F2NS/c12-8-4-6(11(13)17-8)10(16)5-2-1-3-7(14)9(5)15/h1-4,10H,16H2. The third-order valence-corrected chi connectivity index (χ3v) is 3.85. The van der Waals surface area contributed by atoms with Crippen molar-refractivity contribution in [2.75, 3.05) is 0 Å². The summed E-state index contributed by atoms with van der Waals surface area (Å²) >= 11 is 12.8. The van der Waals surface area contributed by atoms with E-state index in [1.54, 1.807) is 6.07 Å². The summed E-state index contributed by atoms with van der Waals surface area (Å²) in [6.07, 6.45) is 0. The maximum Gasteiger partial charge on any atom is 0.163 e. The molecule has 0 fully saturated rings. The van der Waals surface area contributed by atoms with Crippen LogP contribution < -0.4 is 5.73 Å². The van der Waals surface area contributed by atoms with Crippen molar-refractivity contribution in [1.29, 1.82) is 0 Å². The Kier molecular flexibility index (Phi) is 3.68. The molecule has 0 radical (unpaired) electrons. The van der Waals surface area contributed by atoms with E-state index in [2.05, 4.69) is 0 Å². The highest BCUT2D eigenvalue weighted by Gasteiger charge is 2.20. The Bertz CT molecular complexity index is 556. The Labute approximate surface area is 111 Å². The van der Waals surface area contributed by atoms with Crippen LogP contribution in [0.5, 0.6) is 0 Å². The van der Waals surface area contributed by atoms with E-state index in [-0.39, 0.29) is 5.56 Å². The topological polar surface area (TPSA) is 26.0 Å². The van der Waals surface area contributed by atoms with E-state index in [0.29, 0.717) is 14.2 Å². The minimum absolute atomic E-state index is 0.0568. The summed E-state index contributed by atoms with van der Waals surface area (Å²) in [5, 5.41) is 0. The molecule has 1 nitrogen and oxygen atoms in total. The predicted octanol–water partition coefficient (Wildman–Crippen LogP) is 4.38. The summed E-state index contributed by atoms with van der Waals surface area (Å²) in [6, 6.07) is 4.58. The summed E-state index contributed by atoms with van der Waals surface area (Å²) in [7, 11) is 0. The first-order valence-electron chi connectivity index (χ1n) is 4.65. The van der Waals surface area contributed by atoms with Crippen molar-refractivity contribution >= 4 is 34.5 Å². The Hall–Kier alpha value is -0.680. The van der Waals surface area contributed by atoms with E-state index in [0.717, 1.165) is 17.4 Å².